The zero-order chi connectivity index (χ0) is 15.8. The molecule has 1 aliphatic heterocycles. The van der Waals surface area contributed by atoms with Crippen LogP contribution >= 0.6 is 23.2 Å². The van der Waals surface area contributed by atoms with E-state index in [0.29, 0.717) is 27.6 Å². The monoisotopic (exact) mass is 340 g/mol. The van der Waals surface area contributed by atoms with Gasteiger partial charge in [-0.15, -0.1) is 0 Å². The highest BCUT2D eigenvalue weighted by Gasteiger charge is 2.43. The van der Waals surface area contributed by atoms with Gasteiger partial charge in [0.1, 0.15) is 11.0 Å². The van der Waals surface area contributed by atoms with Crippen molar-refractivity contribution in [1.29, 1.82) is 10.5 Å². The molecule has 0 aromatic heterocycles. The Morgan fingerprint density at radius 1 is 1.29 bits per heavy atom. The van der Waals surface area contributed by atoms with Crippen molar-refractivity contribution >= 4 is 33.0 Å². The quantitative estimate of drug-likeness (QED) is 0.782. The van der Waals surface area contributed by atoms with E-state index in [1.807, 2.05) is 0 Å². The summed E-state index contributed by atoms with van der Waals surface area (Å²) in [6, 6.07) is 8.23. The lowest BCUT2D eigenvalue weighted by molar-refractivity contribution is 0.570. The Morgan fingerprint density at radius 3 is 2.48 bits per heavy atom. The molecule has 0 saturated heterocycles. The van der Waals surface area contributed by atoms with Crippen LogP contribution in [0.15, 0.2) is 28.7 Å². The largest absolute Gasteiger partial charge is 0.222 e. The first-order chi connectivity index (χ1) is 9.82. The number of rotatable bonds is 1. The van der Waals surface area contributed by atoms with Crippen molar-refractivity contribution in [1.82, 2.24) is 0 Å². The molecule has 108 valence electrons. The summed E-state index contributed by atoms with van der Waals surface area (Å²) in [6.45, 7) is 1.58. The van der Waals surface area contributed by atoms with Gasteiger partial charge in [-0.2, -0.15) is 10.5 Å². The highest BCUT2D eigenvalue weighted by atomic mass is 35.5. The van der Waals surface area contributed by atoms with E-state index in [-0.39, 0.29) is 4.91 Å². The zero-order valence-corrected chi connectivity index (χ0v) is 13.3. The number of hydrogen-bond donors (Lipinski definition) is 0. The molecule has 1 aromatic rings. The molecule has 4 nitrogen and oxygen atoms in total. The molecule has 0 amide bonds. The Balaban J connectivity index is 2.65. The van der Waals surface area contributed by atoms with Crippen LogP contribution in [-0.4, -0.2) is 13.7 Å². The van der Waals surface area contributed by atoms with E-state index >= 15 is 0 Å². The van der Waals surface area contributed by atoms with Gasteiger partial charge in [0.15, 0.2) is 5.25 Å². The van der Waals surface area contributed by atoms with Crippen molar-refractivity contribution < 1.29 is 8.42 Å². The fraction of sp³-hybridized carbons (Fsp3) is 0.286. The molecule has 0 spiro atoms. The minimum absolute atomic E-state index is 0.293. The van der Waals surface area contributed by atoms with Crippen LogP contribution in [0.1, 0.15) is 24.8 Å². The molecule has 2 unspecified atom stereocenters. The number of halogens is 2. The SMILES string of the molecule is CC1=C(C#N)S(=O)(=O)C(C#N)C(c2ccc(Cl)cc2Cl)C1. The van der Waals surface area contributed by atoms with Crippen molar-refractivity contribution in [3.05, 3.63) is 44.3 Å². The predicted octanol–water partition coefficient (Wildman–Crippen LogP) is 3.59. The van der Waals surface area contributed by atoms with Gasteiger partial charge in [0, 0.05) is 16.0 Å². The first-order valence-corrected chi connectivity index (χ1v) is 8.31. The zero-order valence-electron chi connectivity index (χ0n) is 11.0. The lowest BCUT2D eigenvalue weighted by atomic mass is 9.89. The summed E-state index contributed by atoms with van der Waals surface area (Å²) in [7, 11) is -3.97. The normalized spacial score (nSPS) is 24.2. The molecule has 2 atom stereocenters. The van der Waals surface area contributed by atoms with Gasteiger partial charge in [-0.05, 0) is 36.6 Å². The van der Waals surface area contributed by atoms with Crippen LogP contribution in [0.25, 0.3) is 0 Å². The maximum absolute atomic E-state index is 12.4. The van der Waals surface area contributed by atoms with Gasteiger partial charge in [-0.1, -0.05) is 29.3 Å². The van der Waals surface area contributed by atoms with E-state index < -0.39 is 21.0 Å². The lowest BCUT2D eigenvalue weighted by Gasteiger charge is -2.28. The van der Waals surface area contributed by atoms with E-state index in [4.69, 9.17) is 28.5 Å². The summed E-state index contributed by atoms with van der Waals surface area (Å²) in [5.41, 5.74) is 0.993. The second kappa shape index (κ2) is 5.69. The van der Waals surface area contributed by atoms with Crippen LogP contribution in [-0.2, 0) is 9.84 Å². The maximum atomic E-state index is 12.4. The molecule has 0 N–H and O–H groups in total. The number of sulfone groups is 1. The van der Waals surface area contributed by atoms with Crippen LogP contribution in [0.4, 0.5) is 0 Å². The maximum Gasteiger partial charge on any atom is 0.205 e. The second-order valence-corrected chi connectivity index (χ2v) is 7.64. The molecule has 0 bridgehead atoms. The molecule has 0 saturated carbocycles. The second-order valence-electron chi connectivity index (χ2n) is 4.79. The van der Waals surface area contributed by atoms with Gasteiger partial charge in [-0.3, -0.25) is 0 Å². The van der Waals surface area contributed by atoms with E-state index in [0.717, 1.165) is 0 Å². The molecule has 1 heterocycles. The smallest absolute Gasteiger partial charge is 0.205 e. The molecule has 1 aromatic carbocycles. The Kier molecular flexibility index (Phi) is 4.30. The van der Waals surface area contributed by atoms with Gasteiger partial charge < -0.3 is 0 Å². The summed E-state index contributed by atoms with van der Waals surface area (Å²) in [4.78, 5) is -0.310. The number of nitrogens with zero attached hydrogens (tertiary/aromatic N) is 2. The first-order valence-electron chi connectivity index (χ1n) is 6.01. The predicted molar refractivity (Wildman–Crippen MR) is 80.5 cm³/mol. The van der Waals surface area contributed by atoms with Gasteiger partial charge in [0.05, 0.1) is 6.07 Å². The van der Waals surface area contributed by atoms with E-state index in [2.05, 4.69) is 0 Å². The molecule has 7 heteroatoms. The number of hydrogen-bond acceptors (Lipinski definition) is 4. The Hall–Kier alpha value is -1.53. The third-order valence-electron chi connectivity index (χ3n) is 3.49. The third kappa shape index (κ3) is 2.65. The standard InChI is InChI=1S/C14H10Cl2N2O2S/c1-8-4-11(10-3-2-9(15)5-12(10)16)14(7-18)21(19,20)13(8)6-17/h2-3,5,11,14H,4H2,1H3. The van der Waals surface area contributed by atoms with E-state index in [9.17, 15) is 13.7 Å². The average molecular weight is 341 g/mol. The van der Waals surface area contributed by atoms with Crippen molar-refractivity contribution in [2.45, 2.75) is 24.5 Å². The molecular weight excluding hydrogens is 331 g/mol. The molecule has 0 aliphatic carbocycles. The molecular formula is C14H10Cl2N2O2S. The van der Waals surface area contributed by atoms with Crippen LogP contribution in [0.2, 0.25) is 10.0 Å². The van der Waals surface area contributed by atoms with Crippen LogP contribution in [0.5, 0.6) is 0 Å². The van der Waals surface area contributed by atoms with Crippen molar-refractivity contribution in [2.75, 3.05) is 0 Å². The third-order valence-corrected chi connectivity index (χ3v) is 6.16. The minimum Gasteiger partial charge on any atom is -0.222 e. The topological polar surface area (TPSA) is 81.7 Å². The van der Waals surface area contributed by atoms with Crippen LogP contribution < -0.4 is 0 Å². The lowest BCUT2D eigenvalue weighted by Crippen LogP contribution is -2.32. The Morgan fingerprint density at radius 2 is 1.95 bits per heavy atom. The molecule has 1 aliphatic rings. The Bertz CT molecular complexity index is 816. The summed E-state index contributed by atoms with van der Waals surface area (Å²) in [6.07, 6.45) is 0.293. The highest BCUT2D eigenvalue weighted by molar-refractivity contribution is 7.96. The van der Waals surface area contributed by atoms with E-state index in [1.54, 1.807) is 31.2 Å². The summed E-state index contributed by atoms with van der Waals surface area (Å²) in [5.74, 6) is -0.609. The fourth-order valence-electron chi connectivity index (χ4n) is 2.51. The number of benzene rings is 1. The van der Waals surface area contributed by atoms with Crippen molar-refractivity contribution in [3.63, 3.8) is 0 Å². The molecule has 2 rings (SSSR count). The number of allylic oxidation sites excluding steroid dienone is 2. The summed E-state index contributed by atoms with van der Waals surface area (Å²) >= 11 is 12.0. The fourth-order valence-corrected chi connectivity index (χ4v) is 4.82. The van der Waals surface area contributed by atoms with Gasteiger partial charge >= 0.3 is 0 Å². The number of nitriles is 2. The van der Waals surface area contributed by atoms with Crippen molar-refractivity contribution in [3.8, 4) is 12.1 Å². The average Bonchev–Trinajstić information content (AvgIpc) is 2.37. The molecule has 21 heavy (non-hydrogen) atoms. The summed E-state index contributed by atoms with van der Waals surface area (Å²) < 4.78 is 24.8. The molecule has 0 radical (unpaired) electrons. The Labute approximate surface area is 133 Å². The van der Waals surface area contributed by atoms with Gasteiger partial charge in [-0.25, -0.2) is 8.42 Å². The summed E-state index contributed by atoms with van der Waals surface area (Å²) in [5, 5.41) is 17.7. The highest BCUT2D eigenvalue weighted by Crippen LogP contribution is 2.42. The van der Waals surface area contributed by atoms with Crippen LogP contribution in [0.3, 0.4) is 0 Å². The molecule has 0 fully saturated rings. The first kappa shape index (κ1) is 15.9. The van der Waals surface area contributed by atoms with E-state index in [1.165, 1.54) is 6.07 Å². The van der Waals surface area contributed by atoms with Crippen molar-refractivity contribution in [2.24, 2.45) is 0 Å². The van der Waals surface area contributed by atoms with Crippen LogP contribution in [0, 0.1) is 22.7 Å². The minimum atomic E-state index is -3.97. The van der Waals surface area contributed by atoms with Gasteiger partial charge in [0.25, 0.3) is 0 Å². The van der Waals surface area contributed by atoms with Gasteiger partial charge in [0.2, 0.25) is 9.84 Å².